The van der Waals surface area contributed by atoms with Gasteiger partial charge >= 0.3 is 5.97 Å². The molecule has 0 aromatic heterocycles. The summed E-state index contributed by atoms with van der Waals surface area (Å²) in [4.78, 5) is 11.0. The van der Waals surface area contributed by atoms with Crippen LogP contribution in [-0.4, -0.2) is 22.3 Å². The van der Waals surface area contributed by atoms with E-state index in [1.807, 2.05) is 0 Å². The van der Waals surface area contributed by atoms with E-state index in [2.05, 4.69) is 20.4 Å². The van der Waals surface area contributed by atoms with E-state index in [1.165, 1.54) is 17.6 Å². The molecular weight excluding hydrogens is 228 g/mol. The third kappa shape index (κ3) is 2.12. The van der Waals surface area contributed by atoms with Crippen LogP contribution in [0.1, 0.15) is 46.0 Å². The number of aliphatic carboxylic acids is 1. The fourth-order valence-electron chi connectivity index (χ4n) is 3.68. The van der Waals surface area contributed by atoms with Gasteiger partial charge in [-0.3, -0.25) is 0 Å². The molecule has 2 N–H and O–H groups in total. The summed E-state index contributed by atoms with van der Waals surface area (Å²) >= 11 is 0. The van der Waals surface area contributed by atoms with Gasteiger partial charge in [0.1, 0.15) is 0 Å². The van der Waals surface area contributed by atoms with E-state index in [9.17, 15) is 9.90 Å². The van der Waals surface area contributed by atoms with E-state index in [0.29, 0.717) is 12.8 Å². The zero-order valence-corrected chi connectivity index (χ0v) is 11.2. The van der Waals surface area contributed by atoms with Gasteiger partial charge in [0.05, 0.1) is 6.10 Å². The molecule has 0 saturated heterocycles. The fraction of sp³-hybridized carbons (Fsp3) is 0.667. The van der Waals surface area contributed by atoms with Gasteiger partial charge in [0.15, 0.2) is 0 Å². The van der Waals surface area contributed by atoms with Gasteiger partial charge in [-0.15, -0.1) is 0 Å². The maximum Gasteiger partial charge on any atom is 0.331 e. The minimum Gasteiger partial charge on any atom is -0.478 e. The highest BCUT2D eigenvalue weighted by molar-refractivity contribution is 5.86. The predicted octanol–water partition coefficient (Wildman–Crippen LogP) is 2.90. The molecule has 2 unspecified atom stereocenters. The molecule has 0 amide bonds. The first-order valence-electron chi connectivity index (χ1n) is 6.64. The number of hydrogen-bond acceptors (Lipinski definition) is 2. The molecule has 1 saturated carbocycles. The highest BCUT2D eigenvalue weighted by Gasteiger charge is 2.44. The Hall–Kier alpha value is -1.09. The van der Waals surface area contributed by atoms with Gasteiger partial charge in [0.2, 0.25) is 0 Å². The molecule has 0 aromatic carbocycles. The number of carboxylic acids is 1. The Morgan fingerprint density at radius 1 is 1.50 bits per heavy atom. The van der Waals surface area contributed by atoms with Crippen molar-refractivity contribution in [1.82, 2.24) is 0 Å². The lowest BCUT2D eigenvalue weighted by Gasteiger charge is -2.46. The van der Waals surface area contributed by atoms with Crippen molar-refractivity contribution in [3.05, 3.63) is 23.3 Å². The zero-order valence-electron chi connectivity index (χ0n) is 11.2. The van der Waals surface area contributed by atoms with Crippen molar-refractivity contribution in [3.63, 3.8) is 0 Å². The average Bonchev–Trinajstić information content (AvgIpc) is 2.26. The highest BCUT2D eigenvalue weighted by Crippen LogP contribution is 2.52. The van der Waals surface area contributed by atoms with Crippen LogP contribution >= 0.6 is 0 Å². The van der Waals surface area contributed by atoms with E-state index in [4.69, 9.17) is 5.11 Å². The summed E-state index contributed by atoms with van der Waals surface area (Å²) in [6.45, 7) is 7.98. The van der Waals surface area contributed by atoms with Crippen molar-refractivity contribution in [2.24, 2.45) is 11.3 Å². The molecule has 0 aromatic rings. The van der Waals surface area contributed by atoms with Crippen LogP contribution in [0.25, 0.3) is 0 Å². The maximum atomic E-state index is 11.0. The van der Waals surface area contributed by atoms with Gasteiger partial charge in [-0.2, -0.15) is 0 Å². The van der Waals surface area contributed by atoms with E-state index >= 15 is 0 Å². The van der Waals surface area contributed by atoms with E-state index < -0.39 is 12.1 Å². The van der Waals surface area contributed by atoms with Crippen LogP contribution in [-0.2, 0) is 4.79 Å². The Labute approximate surface area is 108 Å². The number of aliphatic hydroxyl groups is 1. The lowest BCUT2D eigenvalue weighted by molar-refractivity contribution is -0.134. The molecule has 3 heteroatoms. The molecule has 0 radical (unpaired) electrons. The Morgan fingerprint density at radius 3 is 2.78 bits per heavy atom. The molecule has 3 nitrogen and oxygen atoms in total. The lowest BCUT2D eigenvalue weighted by atomic mass is 9.60. The first-order valence-corrected chi connectivity index (χ1v) is 6.64. The van der Waals surface area contributed by atoms with Crippen LogP contribution in [0.4, 0.5) is 0 Å². The molecular formula is C15H22O3. The van der Waals surface area contributed by atoms with Crippen molar-refractivity contribution in [2.75, 3.05) is 0 Å². The number of rotatable bonds is 2. The van der Waals surface area contributed by atoms with Crippen molar-refractivity contribution >= 4 is 5.97 Å². The monoisotopic (exact) mass is 250 g/mol. The normalized spacial score (nSPS) is 36.2. The molecule has 0 aliphatic heterocycles. The third-order valence-electron chi connectivity index (χ3n) is 4.79. The molecule has 18 heavy (non-hydrogen) atoms. The largest absolute Gasteiger partial charge is 0.478 e. The van der Waals surface area contributed by atoms with Crippen molar-refractivity contribution in [1.29, 1.82) is 0 Å². The Morgan fingerprint density at radius 2 is 2.17 bits per heavy atom. The van der Waals surface area contributed by atoms with Gasteiger partial charge in [-0.05, 0) is 44.4 Å². The van der Waals surface area contributed by atoms with E-state index in [-0.39, 0.29) is 16.9 Å². The minimum atomic E-state index is -0.989. The van der Waals surface area contributed by atoms with Gasteiger partial charge in [-0.1, -0.05) is 24.6 Å². The molecule has 2 rings (SSSR count). The summed E-state index contributed by atoms with van der Waals surface area (Å²) in [6.07, 6.45) is 4.12. The predicted molar refractivity (Wildman–Crippen MR) is 70.2 cm³/mol. The summed E-state index contributed by atoms with van der Waals surface area (Å²) in [6, 6.07) is 0. The van der Waals surface area contributed by atoms with Crippen molar-refractivity contribution < 1.29 is 15.0 Å². The third-order valence-corrected chi connectivity index (χ3v) is 4.79. The number of fused-ring (bicyclic) bond motifs is 1. The standard InChI is InChI=1S/C15H22O3/c1-9-5-4-6-15(3)8-13(16)11(7-12(9)15)10(2)14(17)18/h11,13,16H,2,4-8H2,1,3H3,(H,17,18)/t11?,13-,15?/m1/s1. The van der Waals surface area contributed by atoms with E-state index in [1.54, 1.807) is 0 Å². The fourth-order valence-corrected chi connectivity index (χ4v) is 3.68. The number of hydrogen-bond donors (Lipinski definition) is 2. The molecule has 0 bridgehead atoms. The van der Waals surface area contributed by atoms with Crippen molar-refractivity contribution in [2.45, 2.75) is 52.1 Å². The summed E-state index contributed by atoms with van der Waals surface area (Å²) in [5.74, 6) is -1.31. The highest BCUT2D eigenvalue weighted by atomic mass is 16.4. The first-order chi connectivity index (χ1) is 8.35. The minimum absolute atomic E-state index is 0.0665. The second-order valence-corrected chi connectivity index (χ2v) is 6.09. The van der Waals surface area contributed by atoms with Crippen LogP contribution < -0.4 is 0 Å². The summed E-state index contributed by atoms with van der Waals surface area (Å²) in [7, 11) is 0. The Kier molecular flexibility index (Phi) is 3.37. The molecule has 100 valence electrons. The first kappa shape index (κ1) is 13.3. The zero-order chi connectivity index (χ0) is 13.5. The number of carbonyl (C=O) groups is 1. The maximum absolute atomic E-state index is 11.0. The molecule has 2 aliphatic carbocycles. The number of carboxylic acid groups (broad SMARTS) is 1. The lowest BCUT2D eigenvalue weighted by Crippen LogP contribution is -2.40. The van der Waals surface area contributed by atoms with Gasteiger partial charge < -0.3 is 10.2 Å². The number of allylic oxidation sites excluding steroid dienone is 2. The molecule has 0 spiro atoms. The van der Waals surface area contributed by atoms with Crippen LogP contribution in [0.15, 0.2) is 23.3 Å². The second kappa shape index (κ2) is 4.54. The topological polar surface area (TPSA) is 57.5 Å². The molecule has 3 atom stereocenters. The van der Waals surface area contributed by atoms with Crippen molar-refractivity contribution in [3.8, 4) is 0 Å². The smallest absolute Gasteiger partial charge is 0.331 e. The summed E-state index contributed by atoms with van der Waals surface area (Å²) < 4.78 is 0. The Bertz CT molecular complexity index is 421. The SMILES string of the molecule is C=C(C(=O)O)C1CC2=C(C)CCCC2(C)C[C@H]1O. The molecule has 2 aliphatic rings. The Balaban J connectivity index is 2.31. The second-order valence-electron chi connectivity index (χ2n) is 6.09. The van der Waals surface area contributed by atoms with Crippen LogP contribution in [0, 0.1) is 11.3 Å². The van der Waals surface area contributed by atoms with E-state index in [0.717, 1.165) is 12.8 Å². The summed E-state index contributed by atoms with van der Waals surface area (Å²) in [5, 5.41) is 19.3. The number of aliphatic hydroxyl groups excluding tert-OH is 1. The molecule has 0 heterocycles. The van der Waals surface area contributed by atoms with Gasteiger partial charge in [0, 0.05) is 11.5 Å². The molecule has 1 fully saturated rings. The van der Waals surface area contributed by atoms with Crippen LogP contribution in [0.3, 0.4) is 0 Å². The quantitative estimate of drug-likeness (QED) is 0.585. The average molecular weight is 250 g/mol. The summed E-state index contributed by atoms with van der Waals surface area (Å²) in [5.41, 5.74) is 2.97. The van der Waals surface area contributed by atoms with Gasteiger partial charge in [0.25, 0.3) is 0 Å². The van der Waals surface area contributed by atoms with Crippen LogP contribution in [0.2, 0.25) is 0 Å². The van der Waals surface area contributed by atoms with Crippen LogP contribution in [0.5, 0.6) is 0 Å². The van der Waals surface area contributed by atoms with Gasteiger partial charge in [-0.25, -0.2) is 4.79 Å².